The fourth-order valence-corrected chi connectivity index (χ4v) is 1.69. The minimum Gasteiger partial charge on any atom is -0.503 e. The summed E-state index contributed by atoms with van der Waals surface area (Å²) in [4.78, 5) is 13.1. The molecule has 0 bridgehead atoms. The van der Waals surface area contributed by atoms with Crippen LogP contribution in [-0.4, -0.2) is 35.5 Å². The van der Waals surface area contributed by atoms with E-state index >= 15 is 0 Å². The maximum Gasteiger partial charge on any atom is 0.234 e. The van der Waals surface area contributed by atoms with Crippen LogP contribution in [0.1, 0.15) is 19.4 Å². The van der Waals surface area contributed by atoms with Gasteiger partial charge in [-0.3, -0.25) is 9.69 Å². The number of phenolic OH excluding ortho intramolecular Hbond substituents is 1. The molecule has 1 aromatic rings. The highest BCUT2D eigenvalue weighted by atomic mass is 19.1. The summed E-state index contributed by atoms with van der Waals surface area (Å²) >= 11 is 0. The summed E-state index contributed by atoms with van der Waals surface area (Å²) in [6, 6.07) is 2.15. The van der Waals surface area contributed by atoms with Crippen LogP contribution in [0.4, 0.5) is 8.78 Å². The Morgan fingerprint density at radius 1 is 1.37 bits per heavy atom. The summed E-state index contributed by atoms with van der Waals surface area (Å²) < 4.78 is 26.3. The van der Waals surface area contributed by atoms with Crippen molar-refractivity contribution in [1.82, 2.24) is 10.2 Å². The predicted molar refractivity (Wildman–Crippen MR) is 67.6 cm³/mol. The lowest BCUT2D eigenvalue weighted by Gasteiger charge is -2.17. The summed E-state index contributed by atoms with van der Waals surface area (Å²) in [6.07, 6.45) is 0. The third-order valence-corrected chi connectivity index (χ3v) is 2.39. The van der Waals surface area contributed by atoms with E-state index in [1.54, 1.807) is 11.9 Å². The number of rotatable bonds is 5. The summed E-state index contributed by atoms with van der Waals surface area (Å²) in [7, 11) is 1.67. The van der Waals surface area contributed by atoms with E-state index in [1.807, 2.05) is 13.8 Å². The number of hydrogen-bond donors (Lipinski definition) is 2. The highest BCUT2D eigenvalue weighted by molar-refractivity contribution is 5.78. The lowest BCUT2D eigenvalue weighted by Crippen LogP contribution is -2.38. The molecule has 1 aromatic carbocycles. The van der Waals surface area contributed by atoms with Gasteiger partial charge < -0.3 is 10.4 Å². The summed E-state index contributed by atoms with van der Waals surface area (Å²) in [5.74, 6) is -3.15. The quantitative estimate of drug-likeness (QED) is 0.856. The van der Waals surface area contributed by atoms with Crippen molar-refractivity contribution >= 4 is 5.91 Å². The third kappa shape index (κ3) is 4.82. The summed E-state index contributed by atoms with van der Waals surface area (Å²) in [5, 5.41) is 11.7. The molecule has 0 unspecified atom stereocenters. The number of carbonyl (C=O) groups excluding carboxylic acids is 1. The zero-order valence-corrected chi connectivity index (χ0v) is 11.2. The second kappa shape index (κ2) is 6.47. The maximum atomic E-state index is 13.1. The zero-order chi connectivity index (χ0) is 14.6. The number of amides is 1. The van der Waals surface area contributed by atoms with Crippen molar-refractivity contribution < 1.29 is 18.7 Å². The molecule has 19 heavy (non-hydrogen) atoms. The maximum absolute atomic E-state index is 13.1. The summed E-state index contributed by atoms with van der Waals surface area (Å²) in [6.45, 7) is 4.03. The molecule has 0 radical (unpaired) electrons. The number of benzene rings is 1. The highest BCUT2D eigenvalue weighted by Crippen LogP contribution is 2.21. The Kier molecular flexibility index (Phi) is 5.23. The largest absolute Gasteiger partial charge is 0.503 e. The number of hydrogen-bond acceptors (Lipinski definition) is 3. The van der Waals surface area contributed by atoms with Crippen molar-refractivity contribution in [3.63, 3.8) is 0 Å². The molecule has 1 rings (SSSR count). The van der Waals surface area contributed by atoms with Gasteiger partial charge in [-0.1, -0.05) is 0 Å². The Hall–Kier alpha value is -1.69. The lowest BCUT2D eigenvalue weighted by molar-refractivity contribution is -0.122. The Labute approximate surface area is 111 Å². The number of likely N-dealkylation sites (N-methyl/N-ethyl adjacent to an activating group) is 1. The van der Waals surface area contributed by atoms with Gasteiger partial charge in [-0.15, -0.1) is 0 Å². The van der Waals surface area contributed by atoms with Crippen LogP contribution in [0.2, 0.25) is 0 Å². The molecule has 0 aliphatic rings. The van der Waals surface area contributed by atoms with Crippen LogP contribution in [0, 0.1) is 11.6 Å². The number of carbonyl (C=O) groups is 1. The SMILES string of the molecule is CC(C)NC(=O)CN(C)Cc1cc(F)c(O)c(F)c1. The average molecular weight is 272 g/mol. The first kappa shape index (κ1) is 15.4. The van der Waals surface area contributed by atoms with Crippen molar-refractivity contribution in [1.29, 1.82) is 0 Å². The molecule has 0 atom stereocenters. The average Bonchev–Trinajstić information content (AvgIpc) is 2.23. The van der Waals surface area contributed by atoms with Crippen LogP contribution in [-0.2, 0) is 11.3 Å². The number of phenols is 1. The van der Waals surface area contributed by atoms with Crippen molar-refractivity contribution in [2.75, 3.05) is 13.6 Å². The number of nitrogens with zero attached hydrogens (tertiary/aromatic N) is 1. The molecule has 0 heterocycles. The fraction of sp³-hybridized carbons (Fsp3) is 0.462. The number of halogens is 2. The Morgan fingerprint density at radius 2 is 1.89 bits per heavy atom. The fourth-order valence-electron chi connectivity index (χ4n) is 1.69. The van der Waals surface area contributed by atoms with E-state index in [9.17, 15) is 13.6 Å². The van der Waals surface area contributed by atoms with Gasteiger partial charge >= 0.3 is 0 Å². The van der Waals surface area contributed by atoms with Crippen LogP contribution < -0.4 is 5.32 Å². The first-order valence-corrected chi connectivity index (χ1v) is 5.94. The second-order valence-electron chi connectivity index (χ2n) is 4.80. The molecule has 0 spiro atoms. The normalized spacial score (nSPS) is 11.1. The van der Waals surface area contributed by atoms with E-state index < -0.39 is 17.4 Å². The van der Waals surface area contributed by atoms with Gasteiger partial charge in [-0.05, 0) is 38.6 Å². The zero-order valence-electron chi connectivity index (χ0n) is 11.2. The van der Waals surface area contributed by atoms with Crippen molar-refractivity contribution in [3.8, 4) is 5.75 Å². The first-order chi connectivity index (χ1) is 8.79. The van der Waals surface area contributed by atoms with E-state index in [0.29, 0.717) is 5.56 Å². The lowest BCUT2D eigenvalue weighted by atomic mass is 10.2. The molecule has 1 amide bonds. The minimum absolute atomic E-state index is 0.0458. The smallest absolute Gasteiger partial charge is 0.234 e. The van der Waals surface area contributed by atoms with Crippen molar-refractivity contribution in [3.05, 3.63) is 29.3 Å². The van der Waals surface area contributed by atoms with E-state index in [2.05, 4.69) is 5.32 Å². The van der Waals surface area contributed by atoms with Gasteiger partial charge in [0.25, 0.3) is 0 Å². The van der Waals surface area contributed by atoms with Crippen LogP contribution in [0.25, 0.3) is 0 Å². The van der Waals surface area contributed by atoms with Crippen LogP contribution >= 0.6 is 0 Å². The molecular weight excluding hydrogens is 254 g/mol. The summed E-state index contributed by atoms with van der Waals surface area (Å²) in [5.41, 5.74) is 0.354. The molecule has 4 nitrogen and oxygen atoms in total. The molecule has 0 saturated heterocycles. The van der Waals surface area contributed by atoms with Crippen LogP contribution in [0.15, 0.2) is 12.1 Å². The highest BCUT2D eigenvalue weighted by Gasteiger charge is 2.12. The van der Waals surface area contributed by atoms with E-state index in [4.69, 9.17) is 5.11 Å². The first-order valence-electron chi connectivity index (χ1n) is 5.94. The Bertz CT molecular complexity index is 441. The predicted octanol–water partition coefficient (Wildman–Crippen LogP) is 1.63. The topological polar surface area (TPSA) is 52.6 Å². The van der Waals surface area contributed by atoms with Crippen LogP contribution in [0.5, 0.6) is 5.75 Å². The molecule has 0 aliphatic carbocycles. The molecular formula is C13H18F2N2O2. The Morgan fingerprint density at radius 3 is 2.37 bits per heavy atom. The van der Waals surface area contributed by atoms with E-state index in [1.165, 1.54) is 0 Å². The Balaban J connectivity index is 2.62. The number of aromatic hydroxyl groups is 1. The van der Waals surface area contributed by atoms with Gasteiger partial charge in [-0.2, -0.15) is 0 Å². The van der Waals surface area contributed by atoms with Crippen molar-refractivity contribution in [2.24, 2.45) is 0 Å². The molecule has 0 aromatic heterocycles. The van der Waals surface area contributed by atoms with Crippen LogP contribution in [0.3, 0.4) is 0 Å². The molecule has 0 saturated carbocycles. The monoisotopic (exact) mass is 272 g/mol. The van der Waals surface area contributed by atoms with Gasteiger partial charge in [0.05, 0.1) is 6.54 Å². The molecule has 6 heteroatoms. The van der Waals surface area contributed by atoms with E-state index in [0.717, 1.165) is 12.1 Å². The van der Waals surface area contributed by atoms with Gasteiger partial charge in [0.15, 0.2) is 17.4 Å². The second-order valence-corrected chi connectivity index (χ2v) is 4.80. The van der Waals surface area contributed by atoms with E-state index in [-0.39, 0.29) is 25.0 Å². The molecule has 2 N–H and O–H groups in total. The molecule has 0 fully saturated rings. The number of nitrogens with one attached hydrogen (secondary N) is 1. The van der Waals surface area contributed by atoms with Gasteiger partial charge in [0.2, 0.25) is 5.91 Å². The van der Waals surface area contributed by atoms with Gasteiger partial charge in [0.1, 0.15) is 0 Å². The molecule has 106 valence electrons. The van der Waals surface area contributed by atoms with Gasteiger partial charge in [-0.25, -0.2) is 8.78 Å². The molecule has 0 aliphatic heterocycles. The van der Waals surface area contributed by atoms with Gasteiger partial charge in [0, 0.05) is 12.6 Å². The standard InChI is InChI=1S/C13H18F2N2O2/c1-8(2)16-12(18)7-17(3)6-9-4-10(14)13(19)11(15)5-9/h4-5,8,19H,6-7H2,1-3H3,(H,16,18). The minimum atomic E-state index is -1.00. The third-order valence-electron chi connectivity index (χ3n) is 2.39. The van der Waals surface area contributed by atoms with Crippen molar-refractivity contribution in [2.45, 2.75) is 26.4 Å².